The molecular weight excluding hydrogens is 404 g/mol. The normalized spacial score (nSPS) is 16.3. The third-order valence-electron chi connectivity index (χ3n) is 4.55. The fourth-order valence-electron chi connectivity index (χ4n) is 3.48. The molecule has 0 nitrogen and oxygen atoms in total. The van der Waals surface area contributed by atoms with Crippen molar-refractivity contribution >= 4 is 3.21 Å². The summed E-state index contributed by atoms with van der Waals surface area (Å²) in [5.41, 5.74) is 8.34. The first-order valence-electron chi connectivity index (χ1n) is 9.71. The van der Waals surface area contributed by atoms with E-state index >= 15 is 0 Å². The average molecular weight is 434 g/mol. The number of fused-ring (bicyclic) bond motifs is 3. The van der Waals surface area contributed by atoms with E-state index in [2.05, 4.69) is 96.2 Å². The Bertz CT molecular complexity index is 805. The van der Waals surface area contributed by atoms with Crippen molar-refractivity contribution in [2.24, 2.45) is 11.8 Å². The molecule has 0 radical (unpaired) electrons. The van der Waals surface area contributed by atoms with Crippen molar-refractivity contribution in [1.82, 2.24) is 0 Å². The molecule has 0 N–H and O–H groups in total. The minimum atomic E-state index is 0.539. The summed E-state index contributed by atoms with van der Waals surface area (Å²) >= 11 is 1.55. The fraction of sp³-hybridized carbons (Fsp3) is 0.346. The summed E-state index contributed by atoms with van der Waals surface area (Å²) < 4.78 is 1.51. The summed E-state index contributed by atoms with van der Waals surface area (Å²) in [6.45, 7) is 13.0. The molecule has 2 aliphatic rings. The van der Waals surface area contributed by atoms with Gasteiger partial charge in [-0.25, -0.2) is 5.57 Å². The molecule has 0 saturated carbocycles. The monoisotopic (exact) mass is 432 g/mol. The number of hydrogen-bond donors (Lipinski definition) is 0. The van der Waals surface area contributed by atoms with Crippen LogP contribution in [0.3, 0.4) is 0 Å². The van der Waals surface area contributed by atoms with Crippen LogP contribution in [0.1, 0.15) is 52.7 Å². The first-order valence-corrected chi connectivity index (χ1v) is 10.9. The molecule has 1 unspecified atom stereocenters. The molecule has 138 valence electrons. The predicted molar refractivity (Wildman–Crippen MR) is 114 cm³/mol. The van der Waals surface area contributed by atoms with Crippen molar-refractivity contribution in [1.29, 1.82) is 0 Å². The molecule has 2 aliphatic carbocycles. The van der Waals surface area contributed by atoms with E-state index < -0.39 is 0 Å². The van der Waals surface area contributed by atoms with Gasteiger partial charge in [0.05, 0.1) is 0 Å². The molecule has 4 rings (SSSR count). The number of allylic oxidation sites excluding steroid dienone is 4. The van der Waals surface area contributed by atoms with Crippen LogP contribution in [0.15, 0.2) is 59.7 Å². The minimum Gasteiger partial charge on any atom is -0.179 e. The van der Waals surface area contributed by atoms with Crippen LogP contribution in [0, 0.1) is 24.0 Å². The molecule has 27 heavy (non-hydrogen) atoms. The fourth-order valence-corrected chi connectivity index (χ4v) is 3.48. The zero-order valence-corrected chi connectivity index (χ0v) is 19.9. The van der Waals surface area contributed by atoms with Gasteiger partial charge in [0, 0.05) is 0 Å². The van der Waals surface area contributed by atoms with Crippen LogP contribution in [0.25, 0.3) is 11.1 Å². The maximum absolute atomic E-state index is 3.37. The van der Waals surface area contributed by atoms with Crippen LogP contribution in [-0.4, -0.2) is 3.21 Å². The molecule has 0 fully saturated rings. The Morgan fingerprint density at radius 3 is 2.26 bits per heavy atom. The summed E-state index contributed by atoms with van der Waals surface area (Å²) in [7, 11) is 0. The average Bonchev–Trinajstić information content (AvgIpc) is 3.14. The predicted octanol–water partition coefficient (Wildman–Crippen LogP) is 6.77. The molecule has 0 aromatic heterocycles. The van der Waals surface area contributed by atoms with Gasteiger partial charge < -0.3 is 0 Å². The van der Waals surface area contributed by atoms with Gasteiger partial charge in [0.25, 0.3) is 0 Å². The van der Waals surface area contributed by atoms with E-state index in [4.69, 9.17) is 0 Å². The van der Waals surface area contributed by atoms with Gasteiger partial charge in [-0.15, -0.1) is 5.56 Å². The number of rotatable bonds is 1. The van der Waals surface area contributed by atoms with Crippen molar-refractivity contribution in [3.63, 3.8) is 0 Å². The molecule has 2 aromatic carbocycles. The van der Waals surface area contributed by atoms with E-state index in [1.165, 1.54) is 36.6 Å². The molecule has 0 saturated heterocycles. The van der Waals surface area contributed by atoms with Gasteiger partial charge >= 0.3 is 41.3 Å². The molecule has 0 heterocycles. The third-order valence-corrected chi connectivity index (χ3v) is 4.55. The van der Waals surface area contributed by atoms with Crippen LogP contribution in [-0.2, 0) is 30.7 Å². The second kappa shape index (κ2) is 10.3. The van der Waals surface area contributed by atoms with Crippen molar-refractivity contribution in [3.8, 4) is 11.1 Å². The molecule has 0 aliphatic heterocycles. The number of hydrogen-bond acceptors (Lipinski definition) is 0. The van der Waals surface area contributed by atoms with Crippen LogP contribution in [0.5, 0.6) is 0 Å². The maximum atomic E-state index is 3.37. The summed E-state index contributed by atoms with van der Waals surface area (Å²) in [5, 5.41) is 0. The van der Waals surface area contributed by atoms with Crippen LogP contribution in [0.4, 0.5) is 0 Å². The SMILES string of the molecule is CC1=[C-]C(C)C=C1C(C)C.C[C](C)=[Zr+2].[c-]1cccc2c1Cc1ccccc1-2. The molecule has 1 atom stereocenters. The van der Waals surface area contributed by atoms with E-state index in [9.17, 15) is 0 Å². The Morgan fingerprint density at radius 1 is 1.07 bits per heavy atom. The largest absolute Gasteiger partial charge is 0.179 e. The smallest absolute Gasteiger partial charge is 0.0253 e. The first-order chi connectivity index (χ1) is 12.8. The molecule has 0 spiro atoms. The van der Waals surface area contributed by atoms with Crippen LogP contribution >= 0.6 is 0 Å². The van der Waals surface area contributed by atoms with Crippen molar-refractivity contribution in [3.05, 3.63) is 83.0 Å². The van der Waals surface area contributed by atoms with E-state index in [1.54, 1.807) is 24.2 Å². The van der Waals surface area contributed by atoms with Gasteiger partial charge in [-0.05, 0) is 6.42 Å². The van der Waals surface area contributed by atoms with Crippen molar-refractivity contribution in [2.45, 2.75) is 48.0 Å². The Labute approximate surface area is 180 Å². The van der Waals surface area contributed by atoms with Crippen LogP contribution < -0.4 is 0 Å². The maximum Gasteiger partial charge on any atom is -0.0253 e. The second-order valence-electron chi connectivity index (χ2n) is 7.73. The summed E-state index contributed by atoms with van der Waals surface area (Å²) in [5.74, 6) is 1.20. The topological polar surface area (TPSA) is 0 Å². The molecular formula is C26H30Zr. The number of benzene rings is 2. The van der Waals surface area contributed by atoms with E-state index in [-0.39, 0.29) is 0 Å². The summed E-state index contributed by atoms with van der Waals surface area (Å²) in [6.07, 6.45) is 6.73. The van der Waals surface area contributed by atoms with Crippen molar-refractivity contribution in [2.75, 3.05) is 0 Å². The second-order valence-corrected chi connectivity index (χ2v) is 10.2. The zero-order valence-electron chi connectivity index (χ0n) is 17.5. The van der Waals surface area contributed by atoms with Gasteiger partial charge in [-0.2, -0.15) is 41.5 Å². The van der Waals surface area contributed by atoms with E-state index in [1.807, 2.05) is 6.07 Å². The van der Waals surface area contributed by atoms with Crippen molar-refractivity contribution < 1.29 is 24.2 Å². The standard InChI is InChI=1S/C13H9.C10H15.C3H6.Zr/c1-3-7-12-10(5-1)9-11-6-2-4-8-13(11)12;1-7(2)10-6-8(3)5-9(10)4;1-3-2;/h1-5,7-8H,9H2;6-8H,1-4H3;1-2H3;/q2*-1;;+2. The Balaban J connectivity index is 0.000000167. The van der Waals surface area contributed by atoms with E-state index in [0.717, 1.165) is 6.42 Å². The molecule has 1 heteroatoms. The van der Waals surface area contributed by atoms with Gasteiger partial charge in [0.1, 0.15) is 0 Å². The van der Waals surface area contributed by atoms with Gasteiger partial charge in [0.15, 0.2) is 0 Å². The minimum absolute atomic E-state index is 0.539. The molecule has 2 aromatic rings. The Morgan fingerprint density at radius 2 is 1.70 bits per heavy atom. The van der Waals surface area contributed by atoms with Crippen LogP contribution in [0.2, 0.25) is 0 Å². The quantitative estimate of drug-likeness (QED) is 0.371. The van der Waals surface area contributed by atoms with E-state index in [0.29, 0.717) is 11.8 Å². The van der Waals surface area contributed by atoms with Gasteiger partial charge in [-0.3, -0.25) is 6.08 Å². The summed E-state index contributed by atoms with van der Waals surface area (Å²) in [6, 6.07) is 18.1. The molecule has 0 amide bonds. The Hall–Kier alpha value is -1.33. The van der Waals surface area contributed by atoms with Gasteiger partial charge in [0.2, 0.25) is 0 Å². The third kappa shape index (κ3) is 6.36. The molecule has 0 bridgehead atoms. The Kier molecular flexibility index (Phi) is 8.36. The van der Waals surface area contributed by atoms with Gasteiger partial charge in [-0.1, -0.05) is 74.9 Å². The summed E-state index contributed by atoms with van der Waals surface area (Å²) in [4.78, 5) is 0. The first kappa shape index (κ1) is 22.0. The zero-order chi connectivity index (χ0) is 20.0.